The van der Waals surface area contributed by atoms with Gasteiger partial charge in [-0.1, -0.05) is 43.1 Å². The molecule has 0 spiro atoms. The quantitative estimate of drug-likeness (QED) is 0.614. The number of anilines is 1. The van der Waals surface area contributed by atoms with E-state index in [1.165, 1.54) is 12.1 Å². The van der Waals surface area contributed by atoms with E-state index in [0.29, 0.717) is 10.0 Å². The van der Waals surface area contributed by atoms with Gasteiger partial charge < -0.3 is 10.2 Å². The average Bonchev–Trinajstić information content (AvgIpc) is 2.43. The van der Waals surface area contributed by atoms with Gasteiger partial charge in [0.25, 0.3) is 0 Å². The van der Waals surface area contributed by atoms with Gasteiger partial charge in [0.2, 0.25) is 0 Å². The Morgan fingerprint density at radius 3 is 2.57 bits per heavy atom. The topological polar surface area (TPSA) is 15.3 Å². The molecule has 0 amide bonds. The van der Waals surface area contributed by atoms with Gasteiger partial charge in [0.05, 0.1) is 10.0 Å². The molecule has 21 heavy (non-hydrogen) atoms. The van der Waals surface area contributed by atoms with Crippen molar-refractivity contribution in [3.63, 3.8) is 0 Å². The Hall–Kier alpha value is -0.700. The van der Waals surface area contributed by atoms with E-state index >= 15 is 0 Å². The van der Waals surface area contributed by atoms with Crippen LogP contribution in [0.25, 0.3) is 0 Å². The fraction of sp³-hybridized carbons (Fsp3) is 0.529. The van der Waals surface area contributed by atoms with Crippen LogP contribution in [0.2, 0.25) is 10.0 Å². The van der Waals surface area contributed by atoms with Crippen LogP contribution in [0, 0.1) is 0 Å². The summed E-state index contributed by atoms with van der Waals surface area (Å²) >= 11 is 12.0. The Balaban J connectivity index is 2.53. The minimum absolute atomic E-state index is 0.584. The van der Waals surface area contributed by atoms with Gasteiger partial charge in [-0.15, -0.1) is 0 Å². The molecular weight excluding hydrogens is 303 g/mol. The zero-order valence-corrected chi connectivity index (χ0v) is 14.8. The van der Waals surface area contributed by atoms with Crippen LogP contribution in [0.1, 0.15) is 39.5 Å². The van der Waals surface area contributed by atoms with Gasteiger partial charge >= 0.3 is 0 Å². The SMILES string of the molecule is CCC=C(CCCN(C)CCC)Nc1ccc(Cl)c(Cl)c1. The zero-order chi connectivity index (χ0) is 15.7. The van der Waals surface area contributed by atoms with Crippen molar-refractivity contribution in [1.29, 1.82) is 0 Å². The maximum atomic E-state index is 6.06. The number of halogens is 2. The predicted molar refractivity (Wildman–Crippen MR) is 95.5 cm³/mol. The number of allylic oxidation sites excluding steroid dienone is 2. The summed E-state index contributed by atoms with van der Waals surface area (Å²) in [7, 11) is 2.18. The fourth-order valence-corrected chi connectivity index (χ4v) is 2.55. The first-order chi connectivity index (χ1) is 10.1. The van der Waals surface area contributed by atoms with Crippen molar-refractivity contribution < 1.29 is 0 Å². The second-order valence-corrected chi connectivity index (χ2v) is 6.11. The van der Waals surface area contributed by atoms with Crippen LogP contribution >= 0.6 is 23.2 Å². The van der Waals surface area contributed by atoms with Crippen molar-refractivity contribution in [2.24, 2.45) is 0 Å². The van der Waals surface area contributed by atoms with Gasteiger partial charge in [0.1, 0.15) is 0 Å². The Labute approximate surface area is 139 Å². The summed E-state index contributed by atoms with van der Waals surface area (Å²) in [6, 6.07) is 5.66. The van der Waals surface area contributed by atoms with Crippen LogP contribution in [-0.2, 0) is 0 Å². The largest absolute Gasteiger partial charge is 0.359 e. The van der Waals surface area contributed by atoms with Crippen molar-refractivity contribution >= 4 is 28.9 Å². The normalized spacial score (nSPS) is 12.0. The van der Waals surface area contributed by atoms with E-state index in [1.807, 2.05) is 18.2 Å². The molecule has 2 nitrogen and oxygen atoms in total. The molecule has 0 unspecified atom stereocenters. The van der Waals surface area contributed by atoms with E-state index in [9.17, 15) is 0 Å². The first kappa shape index (κ1) is 18.3. The van der Waals surface area contributed by atoms with Crippen molar-refractivity contribution in [2.45, 2.75) is 39.5 Å². The number of benzene rings is 1. The highest BCUT2D eigenvalue weighted by atomic mass is 35.5. The van der Waals surface area contributed by atoms with E-state index in [2.05, 4.69) is 37.2 Å². The highest BCUT2D eigenvalue weighted by Gasteiger charge is 2.03. The van der Waals surface area contributed by atoms with Crippen LogP contribution in [0.15, 0.2) is 30.0 Å². The summed E-state index contributed by atoms with van der Waals surface area (Å²) in [6.07, 6.45) is 6.66. The first-order valence-electron chi connectivity index (χ1n) is 7.66. The summed E-state index contributed by atoms with van der Waals surface area (Å²) in [5.41, 5.74) is 2.24. The standard InChI is InChI=1S/C17H26Cl2N2/c1-4-7-14(8-6-12-21(3)11-5-2)20-15-9-10-16(18)17(19)13-15/h7,9-10,13,20H,4-6,8,11-12H2,1-3H3. The van der Waals surface area contributed by atoms with Crippen molar-refractivity contribution in [3.05, 3.63) is 40.0 Å². The summed E-state index contributed by atoms with van der Waals surface area (Å²) < 4.78 is 0. The molecule has 0 bridgehead atoms. The summed E-state index contributed by atoms with van der Waals surface area (Å²) in [4.78, 5) is 2.38. The van der Waals surface area contributed by atoms with Crippen LogP contribution in [0.5, 0.6) is 0 Å². The maximum Gasteiger partial charge on any atom is 0.0612 e. The number of hydrogen-bond acceptors (Lipinski definition) is 2. The Morgan fingerprint density at radius 2 is 1.95 bits per heavy atom. The Bertz CT molecular complexity index is 458. The third-order valence-corrected chi connectivity index (χ3v) is 4.01. The third kappa shape index (κ3) is 7.21. The molecule has 0 aliphatic heterocycles. The van der Waals surface area contributed by atoms with Crippen molar-refractivity contribution in [3.8, 4) is 0 Å². The fourth-order valence-electron chi connectivity index (χ4n) is 2.25. The number of nitrogens with one attached hydrogen (secondary N) is 1. The summed E-state index contributed by atoms with van der Waals surface area (Å²) in [6.45, 7) is 6.65. The molecule has 1 N–H and O–H groups in total. The lowest BCUT2D eigenvalue weighted by Crippen LogP contribution is -2.20. The smallest absolute Gasteiger partial charge is 0.0612 e. The van der Waals surface area contributed by atoms with Gasteiger partial charge in [-0.25, -0.2) is 0 Å². The van der Waals surface area contributed by atoms with Crippen LogP contribution in [-0.4, -0.2) is 25.0 Å². The molecule has 4 heteroatoms. The van der Waals surface area contributed by atoms with E-state index in [1.54, 1.807) is 0 Å². The third-order valence-electron chi connectivity index (χ3n) is 3.27. The van der Waals surface area contributed by atoms with Crippen molar-refractivity contribution in [2.75, 3.05) is 25.5 Å². The van der Waals surface area contributed by atoms with Crippen LogP contribution in [0.4, 0.5) is 5.69 Å². The molecule has 0 radical (unpaired) electrons. The van der Waals surface area contributed by atoms with E-state index in [0.717, 1.165) is 38.0 Å². The minimum Gasteiger partial charge on any atom is -0.359 e. The molecule has 0 aromatic heterocycles. The van der Waals surface area contributed by atoms with E-state index < -0.39 is 0 Å². The average molecular weight is 329 g/mol. The lowest BCUT2D eigenvalue weighted by atomic mass is 10.2. The lowest BCUT2D eigenvalue weighted by Gasteiger charge is -2.17. The molecule has 0 aliphatic carbocycles. The van der Waals surface area contributed by atoms with Crippen LogP contribution < -0.4 is 5.32 Å². The predicted octanol–water partition coefficient (Wildman–Crippen LogP) is 5.82. The second kappa shape index (κ2) is 10.1. The molecule has 0 saturated heterocycles. The van der Waals surface area contributed by atoms with Gasteiger partial charge in [0, 0.05) is 11.4 Å². The highest BCUT2D eigenvalue weighted by molar-refractivity contribution is 6.42. The molecule has 0 aliphatic rings. The number of hydrogen-bond donors (Lipinski definition) is 1. The summed E-state index contributed by atoms with van der Waals surface area (Å²) in [5, 5.41) is 4.62. The van der Waals surface area contributed by atoms with Crippen molar-refractivity contribution in [1.82, 2.24) is 4.90 Å². The maximum absolute atomic E-state index is 6.06. The highest BCUT2D eigenvalue weighted by Crippen LogP contribution is 2.26. The number of nitrogens with zero attached hydrogens (tertiary/aromatic N) is 1. The zero-order valence-electron chi connectivity index (χ0n) is 13.3. The molecule has 118 valence electrons. The van der Waals surface area contributed by atoms with Gasteiger partial charge in [-0.2, -0.15) is 0 Å². The molecule has 0 fully saturated rings. The number of rotatable bonds is 9. The Kier molecular flexibility index (Phi) is 8.82. The molecule has 0 saturated carbocycles. The molecule has 0 heterocycles. The Morgan fingerprint density at radius 1 is 1.19 bits per heavy atom. The van der Waals surface area contributed by atoms with Gasteiger partial charge in [-0.3, -0.25) is 0 Å². The van der Waals surface area contributed by atoms with E-state index in [-0.39, 0.29) is 0 Å². The molecule has 1 aromatic rings. The first-order valence-corrected chi connectivity index (χ1v) is 8.42. The minimum atomic E-state index is 0.584. The molecular formula is C17H26Cl2N2. The van der Waals surface area contributed by atoms with Crippen LogP contribution in [0.3, 0.4) is 0 Å². The molecule has 1 aromatic carbocycles. The monoisotopic (exact) mass is 328 g/mol. The van der Waals surface area contributed by atoms with Gasteiger partial charge in [0.15, 0.2) is 0 Å². The second-order valence-electron chi connectivity index (χ2n) is 5.30. The summed E-state index contributed by atoms with van der Waals surface area (Å²) in [5.74, 6) is 0. The van der Waals surface area contributed by atoms with Gasteiger partial charge in [-0.05, 0) is 64.0 Å². The molecule has 1 rings (SSSR count). The molecule has 0 atom stereocenters. The lowest BCUT2D eigenvalue weighted by molar-refractivity contribution is 0.330. The van der Waals surface area contributed by atoms with E-state index in [4.69, 9.17) is 23.2 Å².